The quantitative estimate of drug-likeness (QED) is 0.111. The van der Waals surface area contributed by atoms with E-state index in [-0.39, 0.29) is 54.6 Å². The van der Waals surface area contributed by atoms with Gasteiger partial charge in [-0.05, 0) is 119 Å². The van der Waals surface area contributed by atoms with Crippen LogP contribution < -0.4 is 21.7 Å². The summed E-state index contributed by atoms with van der Waals surface area (Å²) in [4.78, 5) is 63.4. The largest absolute Gasteiger partial charge is 0.390 e. The molecule has 1 aliphatic heterocycles. The predicted octanol–water partition coefficient (Wildman–Crippen LogP) is 3.67. The van der Waals surface area contributed by atoms with Crippen LogP contribution in [0.1, 0.15) is 95.5 Å². The van der Waals surface area contributed by atoms with Crippen molar-refractivity contribution in [2.45, 2.75) is 132 Å². The number of fused-ring (bicyclic) bond motifs is 7. The number of nitrogens with two attached hydrogens (primary N) is 1. The summed E-state index contributed by atoms with van der Waals surface area (Å²) in [6.45, 7) is 2.70. The maximum absolute atomic E-state index is 17.7. The Bertz CT molecular complexity index is 1930. The molecule has 1 saturated heterocycles. The van der Waals surface area contributed by atoms with E-state index in [0.717, 1.165) is 50.2 Å². The van der Waals surface area contributed by atoms with E-state index in [1.807, 2.05) is 24.3 Å². The second-order valence-electron chi connectivity index (χ2n) is 18.5. The number of carbonyl (C=O) groups is 5. The summed E-state index contributed by atoms with van der Waals surface area (Å²) in [7, 11) is 0. The highest BCUT2D eigenvalue weighted by Gasteiger charge is 2.80. The first kappa shape index (κ1) is 45.6. The van der Waals surface area contributed by atoms with Gasteiger partial charge >= 0.3 is 0 Å². The molecule has 1 aromatic carbocycles. The zero-order chi connectivity index (χ0) is 43.9. The van der Waals surface area contributed by atoms with Crippen LogP contribution in [0, 0.1) is 28.6 Å². The minimum atomic E-state index is -2.32. The number of halogens is 3. The van der Waals surface area contributed by atoms with Gasteiger partial charge < -0.3 is 41.4 Å². The third-order valence-corrected chi connectivity index (χ3v) is 15.6. The zero-order valence-electron chi connectivity index (χ0n) is 34.8. The summed E-state index contributed by atoms with van der Waals surface area (Å²) < 4.78 is 46.8. The summed E-state index contributed by atoms with van der Waals surface area (Å²) in [6.07, 6.45) is 4.30. The normalized spacial score (nSPS) is 38.0. The molecule has 0 radical (unpaired) electrons. The number of nitrogens with one attached hydrogen (secondary N) is 3. The minimum Gasteiger partial charge on any atom is -0.390 e. The van der Waals surface area contributed by atoms with Gasteiger partial charge in [0.1, 0.15) is 18.8 Å². The van der Waals surface area contributed by atoms with Crippen LogP contribution in [-0.2, 0) is 39.9 Å². The number of hydrogen-bond donors (Lipinski definition) is 6. The average molecular weight is 918 g/mol. The summed E-state index contributed by atoms with van der Waals surface area (Å²) in [6, 6.07) is 6.99. The highest BCUT2D eigenvalue weighted by molar-refractivity contribution is 9.09. The second-order valence-corrected chi connectivity index (χ2v) is 19.0. The summed E-state index contributed by atoms with van der Waals surface area (Å²) in [5, 5.41) is 30.5. The van der Waals surface area contributed by atoms with Crippen molar-refractivity contribution in [1.82, 2.24) is 16.0 Å². The third kappa shape index (κ3) is 8.07. The van der Waals surface area contributed by atoms with Gasteiger partial charge in [-0.1, -0.05) is 53.2 Å². The van der Waals surface area contributed by atoms with Gasteiger partial charge in [0.15, 0.2) is 29.1 Å². The highest BCUT2D eigenvalue weighted by Crippen LogP contribution is 2.72. The Morgan fingerprint density at radius 2 is 1.75 bits per heavy atom. The Hall–Kier alpha value is -3.41. The number of carbonyl (C=O) groups excluding carboxylic acids is 5. The molecule has 0 aromatic heterocycles. The number of aliphatic hydroxyl groups is 2. The third-order valence-electron chi connectivity index (χ3n) is 15.1. The lowest BCUT2D eigenvalue weighted by Gasteiger charge is -2.63. The van der Waals surface area contributed by atoms with Crippen molar-refractivity contribution in [3.8, 4) is 0 Å². The second kappa shape index (κ2) is 18.0. The number of Topliss-reactive ketones (excluding diaryl/α,β-unsaturated/α-hetero) is 1. The van der Waals surface area contributed by atoms with Crippen molar-refractivity contribution < 1.29 is 52.4 Å². The molecule has 11 atom stereocenters. The van der Waals surface area contributed by atoms with Gasteiger partial charge in [0.05, 0.1) is 24.1 Å². The molecular formula is C45H59BrF2N4O9. The summed E-state index contributed by atoms with van der Waals surface area (Å²) >= 11 is 3.04. The number of aliphatic hydroxyl groups excluding tert-OH is 2. The Kier molecular flexibility index (Phi) is 13.5. The van der Waals surface area contributed by atoms with Crippen LogP contribution >= 0.6 is 15.9 Å². The van der Waals surface area contributed by atoms with E-state index in [4.69, 9.17) is 15.2 Å². The molecule has 1 heterocycles. The van der Waals surface area contributed by atoms with Crippen molar-refractivity contribution in [3.63, 3.8) is 0 Å². The Balaban J connectivity index is 0.972. The average Bonchev–Trinajstić information content (AvgIpc) is 3.75. The smallest absolute Gasteiger partial charge is 0.242 e. The Morgan fingerprint density at radius 1 is 1.03 bits per heavy atom. The molecule has 7 rings (SSSR count). The number of allylic oxidation sites excluding steroid dienone is 4. The summed E-state index contributed by atoms with van der Waals surface area (Å²) in [5.74, 6) is -3.35. The number of hydrogen-bond acceptors (Lipinski definition) is 10. The summed E-state index contributed by atoms with van der Waals surface area (Å²) in [5.41, 5.74) is 0.596. The van der Waals surface area contributed by atoms with Gasteiger partial charge in [-0.15, -0.1) is 0 Å². The first-order valence-electron chi connectivity index (χ1n) is 21.7. The van der Waals surface area contributed by atoms with Crippen molar-refractivity contribution in [3.05, 3.63) is 59.2 Å². The van der Waals surface area contributed by atoms with Crippen LogP contribution in [0.2, 0.25) is 0 Å². The van der Waals surface area contributed by atoms with Crippen molar-refractivity contribution in [2.24, 2.45) is 34.3 Å². The number of ketones is 2. The Labute approximate surface area is 363 Å². The van der Waals surface area contributed by atoms with E-state index >= 15 is 8.78 Å². The van der Waals surface area contributed by atoms with Crippen molar-refractivity contribution >= 4 is 45.2 Å². The molecule has 3 amide bonds. The van der Waals surface area contributed by atoms with Crippen LogP contribution in [0.15, 0.2) is 48.1 Å². The van der Waals surface area contributed by atoms with Crippen LogP contribution in [0.4, 0.5) is 8.78 Å². The lowest BCUT2D eigenvalue weighted by Crippen LogP contribution is -2.70. The van der Waals surface area contributed by atoms with Crippen LogP contribution in [0.3, 0.4) is 0 Å². The van der Waals surface area contributed by atoms with Gasteiger partial charge in [-0.25, -0.2) is 8.78 Å². The molecule has 1 aromatic rings. The maximum atomic E-state index is 17.7. The molecule has 334 valence electrons. The van der Waals surface area contributed by atoms with E-state index in [0.29, 0.717) is 30.9 Å². The first-order chi connectivity index (χ1) is 29.0. The lowest BCUT2D eigenvalue weighted by atomic mass is 9.44. The van der Waals surface area contributed by atoms with E-state index in [1.54, 1.807) is 6.92 Å². The molecule has 13 nitrogen and oxygen atoms in total. The zero-order valence-corrected chi connectivity index (χ0v) is 36.4. The molecule has 6 aliphatic rings. The fourth-order valence-electron chi connectivity index (χ4n) is 11.9. The van der Waals surface area contributed by atoms with Gasteiger partial charge in [0, 0.05) is 28.4 Å². The molecule has 0 unspecified atom stereocenters. The van der Waals surface area contributed by atoms with Crippen LogP contribution in [-0.4, -0.2) is 106 Å². The molecule has 61 heavy (non-hydrogen) atoms. The van der Waals surface area contributed by atoms with Crippen LogP contribution in [0.25, 0.3) is 0 Å². The van der Waals surface area contributed by atoms with E-state index in [9.17, 15) is 34.2 Å². The van der Waals surface area contributed by atoms with Gasteiger partial charge in [0.25, 0.3) is 0 Å². The number of amides is 3. The molecule has 5 fully saturated rings. The molecule has 4 saturated carbocycles. The molecule has 0 bridgehead atoms. The fourth-order valence-corrected chi connectivity index (χ4v) is 12.1. The van der Waals surface area contributed by atoms with E-state index < -0.39 is 88.7 Å². The number of ether oxygens (including phenoxy) is 2. The minimum absolute atomic E-state index is 0.0199. The molecule has 7 N–H and O–H groups in total. The lowest BCUT2D eigenvalue weighted by molar-refractivity contribution is -0.235. The monoisotopic (exact) mass is 916 g/mol. The number of rotatable bonds is 15. The van der Waals surface area contributed by atoms with Crippen molar-refractivity contribution in [1.29, 1.82) is 0 Å². The SMILES string of the molecule is C[C@]12C=CC(=O)C=C1[C@@H](F)C[C@H]1[C@@H]3C[C@H]4O[C@@H](c5ccc(CC6CCC(NC(=O)[C@H](CCCCN)NC(=O)CNC(=O)CBr)CC6)cc5)O[C@@]4(C(=O)CO)[C@@]3(C)C[C@H](O)[C@@]12F. The van der Waals surface area contributed by atoms with Crippen LogP contribution in [0.5, 0.6) is 0 Å². The Morgan fingerprint density at radius 3 is 2.43 bits per heavy atom. The number of benzene rings is 1. The predicted molar refractivity (Wildman–Crippen MR) is 223 cm³/mol. The molecule has 0 spiro atoms. The molecule has 5 aliphatic carbocycles. The number of alkyl halides is 3. The van der Waals surface area contributed by atoms with Crippen molar-refractivity contribution in [2.75, 3.05) is 25.0 Å². The maximum Gasteiger partial charge on any atom is 0.242 e. The first-order valence-corrected chi connectivity index (χ1v) is 22.8. The molecular weight excluding hydrogens is 858 g/mol. The standard InChI is InChI=1S/C45H59BrF2N4O9/c1-42-15-14-29(54)18-32(42)33(47)19-31-30-20-37-45(36(56)24-53,43(30,2)21-35(55)44(31,42)48)61-41(60-37)27-10-6-25(7-11-27)17-26-8-12-28(13-9-26)51-40(59)34(5-3-4-16-49)52-39(58)23-50-38(57)22-46/h6-7,10-11,14-15,18,26,28,30-31,33-35,37,41,53,55H,3-5,8-9,12-13,16-17,19-24,49H2,1-2H3,(H,50,57)(H,51,59)(H,52,58)/t26?,28?,30-,31-,33-,34-,35-,37+,41+,42-,43-,44-,45+/m0/s1. The van der Waals surface area contributed by atoms with Gasteiger partial charge in [-0.2, -0.15) is 0 Å². The van der Waals surface area contributed by atoms with Gasteiger partial charge in [0.2, 0.25) is 17.7 Å². The number of unbranched alkanes of at least 4 members (excludes halogenated alkanes) is 1. The van der Waals surface area contributed by atoms with E-state index in [1.165, 1.54) is 19.1 Å². The van der Waals surface area contributed by atoms with Gasteiger partial charge in [-0.3, -0.25) is 24.0 Å². The highest BCUT2D eigenvalue weighted by atomic mass is 79.9. The fraction of sp³-hybridized carbons (Fsp3) is 0.667. The topological polar surface area (TPSA) is 206 Å². The molecule has 16 heteroatoms. The van der Waals surface area contributed by atoms with E-state index in [2.05, 4.69) is 31.9 Å².